The van der Waals surface area contributed by atoms with Gasteiger partial charge in [0.25, 0.3) is 0 Å². The lowest BCUT2D eigenvalue weighted by atomic mass is 9.95. The van der Waals surface area contributed by atoms with Crippen molar-refractivity contribution >= 4 is 23.2 Å². The minimum atomic E-state index is 0.0843. The second-order valence-corrected chi connectivity index (χ2v) is 5.91. The van der Waals surface area contributed by atoms with Gasteiger partial charge in [0.05, 0.1) is 6.10 Å². The van der Waals surface area contributed by atoms with Crippen LogP contribution in [-0.4, -0.2) is 19.2 Å². The van der Waals surface area contributed by atoms with Crippen molar-refractivity contribution in [2.45, 2.75) is 32.4 Å². The Hall–Kier alpha value is -0.280. The highest BCUT2D eigenvalue weighted by Gasteiger charge is 2.30. The number of nitrogens with one attached hydrogen (secondary N) is 1. The van der Waals surface area contributed by atoms with Gasteiger partial charge in [-0.3, -0.25) is 0 Å². The fourth-order valence-corrected chi connectivity index (χ4v) is 2.82. The molecule has 0 radical (unpaired) electrons. The van der Waals surface area contributed by atoms with Gasteiger partial charge in [0.2, 0.25) is 0 Å². The van der Waals surface area contributed by atoms with E-state index in [4.69, 9.17) is 27.9 Å². The molecular formula is C14H19Cl2NO. The Morgan fingerprint density at radius 2 is 2.17 bits per heavy atom. The number of rotatable bonds is 4. The number of benzene rings is 1. The van der Waals surface area contributed by atoms with Crippen LogP contribution in [0.15, 0.2) is 18.2 Å². The maximum atomic E-state index is 6.25. The van der Waals surface area contributed by atoms with Gasteiger partial charge in [-0.05, 0) is 24.1 Å². The standard InChI is InChI=1S/C14H19Cl2NO/c1-9(2)17-8-10-5-6-18-14(10)12-4-3-11(15)7-13(12)16/h3-4,7,9-10,14,17H,5-6,8H2,1-2H3. The molecule has 1 fully saturated rings. The van der Waals surface area contributed by atoms with Crippen LogP contribution in [0.3, 0.4) is 0 Å². The summed E-state index contributed by atoms with van der Waals surface area (Å²) in [7, 11) is 0. The zero-order chi connectivity index (χ0) is 13.1. The Morgan fingerprint density at radius 3 is 2.83 bits per heavy atom. The summed E-state index contributed by atoms with van der Waals surface area (Å²) in [5.74, 6) is 0.478. The highest BCUT2D eigenvalue weighted by atomic mass is 35.5. The minimum absolute atomic E-state index is 0.0843. The molecule has 0 aliphatic carbocycles. The first kappa shape index (κ1) is 14.1. The molecule has 2 rings (SSSR count). The van der Waals surface area contributed by atoms with Crippen molar-refractivity contribution in [3.63, 3.8) is 0 Å². The summed E-state index contributed by atoms with van der Waals surface area (Å²) in [4.78, 5) is 0. The molecule has 1 saturated heterocycles. The van der Waals surface area contributed by atoms with E-state index in [1.807, 2.05) is 12.1 Å². The number of halogens is 2. The third kappa shape index (κ3) is 3.39. The highest BCUT2D eigenvalue weighted by molar-refractivity contribution is 6.35. The summed E-state index contributed by atoms with van der Waals surface area (Å²) >= 11 is 12.2. The summed E-state index contributed by atoms with van der Waals surface area (Å²) in [6.45, 7) is 6.07. The van der Waals surface area contributed by atoms with Crippen molar-refractivity contribution in [2.75, 3.05) is 13.2 Å². The summed E-state index contributed by atoms with van der Waals surface area (Å²) in [5.41, 5.74) is 1.05. The van der Waals surface area contributed by atoms with E-state index in [0.29, 0.717) is 22.0 Å². The first-order valence-electron chi connectivity index (χ1n) is 6.38. The van der Waals surface area contributed by atoms with Crippen LogP contribution in [0.5, 0.6) is 0 Å². The van der Waals surface area contributed by atoms with Gasteiger partial charge < -0.3 is 10.1 Å². The Labute approximate surface area is 119 Å². The molecule has 1 aliphatic heterocycles. The van der Waals surface area contributed by atoms with Crippen molar-refractivity contribution in [1.82, 2.24) is 5.32 Å². The van der Waals surface area contributed by atoms with E-state index in [0.717, 1.165) is 25.1 Å². The largest absolute Gasteiger partial charge is 0.373 e. The maximum absolute atomic E-state index is 6.25. The molecule has 4 heteroatoms. The molecular weight excluding hydrogens is 269 g/mol. The van der Waals surface area contributed by atoms with E-state index < -0.39 is 0 Å². The summed E-state index contributed by atoms with van der Waals surface area (Å²) in [6.07, 6.45) is 1.16. The van der Waals surface area contributed by atoms with Crippen molar-refractivity contribution in [3.8, 4) is 0 Å². The summed E-state index contributed by atoms with van der Waals surface area (Å²) in [6, 6.07) is 6.12. The van der Waals surface area contributed by atoms with Crippen LogP contribution in [0, 0.1) is 5.92 Å². The molecule has 0 saturated carbocycles. The SMILES string of the molecule is CC(C)NCC1CCOC1c1ccc(Cl)cc1Cl. The van der Waals surface area contributed by atoms with E-state index in [1.54, 1.807) is 6.07 Å². The van der Waals surface area contributed by atoms with E-state index in [2.05, 4.69) is 19.2 Å². The fourth-order valence-electron chi connectivity index (χ4n) is 2.31. The molecule has 100 valence electrons. The van der Waals surface area contributed by atoms with Gasteiger partial charge in [-0.1, -0.05) is 43.1 Å². The molecule has 18 heavy (non-hydrogen) atoms. The second-order valence-electron chi connectivity index (χ2n) is 5.07. The van der Waals surface area contributed by atoms with Crippen LogP contribution in [0.1, 0.15) is 31.9 Å². The summed E-state index contributed by atoms with van der Waals surface area (Å²) < 4.78 is 5.84. The van der Waals surface area contributed by atoms with Crippen molar-refractivity contribution in [3.05, 3.63) is 33.8 Å². The van der Waals surface area contributed by atoms with Crippen LogP contribution >= 0.6 is 23.2 Å². The normalized spacial score (nSPS) is 23.8. The predicted octanol–water partition coefficient (Wildman–Crippen LogP) is 4.07. The smallest absolute Gasteiger partial charge is 0.0880 e. The van der Waals surface area contributed by atoms with Gasteiger partial charge in [0.15, 0.2) is 0 Å². The molecule has 1 aliphatic rings. The zero-order valence-electron chi connectivity index (χ0n) is 10.7. The van der Waals surface area contributed by atoms with Crippen LogP contribution in [-0.2, 0) is 4.74 Å². The minimum Gasteiger partial charge on any atom is -0.373 e. The zero-order valence-corrected chi connectivity index (χ0v) is 12.3. The Balaban J connectivity index is 2.10. The quantitative estimate of drug-likeness (QED) is 0.901. The molecule has 1 heterocycles. The average molecular weight is 288 g/mol. The third-order valence-electron chi connectivity index (χ3n) is 3.27. The van der Waals surface area contributed by atoms with Crippen LogP contribution in [0.25, 0.3) is 0 Å². The monoisotopic (exact) mass is 287 g/mol. The molecule has 2 unspecified atom stereocenters. The highest BCUT2D eigenvalue weighted by Crippen LogP contribution is 2.38. The molecule has 0 bridgehead atoms. The Kier molecular flexibility index (Phi) is 4.91. The lowest BCUT2D eigenvalue weighted by molar-refractivity contribution is 0.0901. The molecule has 1 aromatic carbocycles. The van der Waals surface area contributed by atoms with E-state index in [1.165, 1.54) is 0 Å². The molecule has 0 amide bonds. The number of hydrogen-bond acceptors (Lipinski definition) is 2. The maximum Gasteiger partial charge on any atom is 0.0880 e. The summed E-state index contributed by atoms with van der Waals surface area (Å²) in [5, 5.41) is 4.83. The third-order valence-corrected chi connectivity index (χ3v) is 3.83. The molecule has 1 aromatic rings. The molecule has 0 spiro atoms. The van der Waals surface area contributed by atoms with Crippen LogP contribution < -0.4 is 5.32 Å². The fraction of sp³-hybridized carbons (Fsp3) is 0.571. The van der Waals surface area contributed by atoms with Gasteiger partial charge in [0.1, 0.15) is 0 Å². The first-order valence-corrected chi connectivity index (χ1v) is 7.13. The van der Waals surface area contributed by atoms with E-state index in [9.17, 15) is 0 Å². The Morgan fingerprint density at radius 1 is 1.39 bits per heavy atom. The lowest BCUT2D eigenvalue weighted by Gasteiger charge is -2.21. The molecule has 1 N–H and O–H groups in total. The second kappa shape index (κ2) is 6.25. The predicted molar refractivity (Wildman–Crippen MR) is 76.4 cm³/mol. The number of ether oxygens (including phenoxy) is 1. The van der Waals surface area contributed by atoms with Gasteiger partial charge >= 0.3 is 0 Å². The van der Waals surface area contributed by atoms with Crippen LogP contribution in [0.2, 0.25) is 10.0 Å². The molecule has 0 aromatic heterocycles. The topological polar surface area (TPSA) is 21.3 Å². The van der Waals surface area contributed by atoms with Gasteiger partial charge in [-0.25, -0.2) is 0 Å². The van der Waals surface area contributed by atoms with Crippen molar-refractivity contribution in [2.24, 2.45) is 5.92 Å². The molecule has 2 atom stereocenters. The molecule has 2 nitrogen and oxygen atoms in total. The first-order chi connectivity index (χ1) is 8.58. The van der Waals surface area contributed by atoms with Gasteiger partial charge in [-0.2, -0.15) is 0 Å². The van der Waals surface area contributed by atoms with Crippen LogP contribution in [0.4, 0.5) is 0 Å². The van der Waals surface area contributed by atoms with Gasteiger partial charge in [-0.15, -0.1) is 0 Å². The number of hydrogen-bond donors (Lipinski definition) is 1. The van der Waals surface area contributed by atoms with Crippen molar-refractivity contribution in [1.29, 1.82) is 0 Å². The van der Waals surface area contributed by atoms with Crippen molar-refractivity contribution < 1.29 is 4.74 Å². The van der Waals surface area contributed by atoms with E-state index >= 15 is 0 Å². The lowest BCUT2D eigenvalue weighted by Crippen LogP contribution is -2.30. The van der Waals surface area contributed by atoms with Gasteiger partial charge in [0, 0.05) is 35.2 Å². The van der Waals surface area contributed by atoms with E-state index in [-0.39, 0.29) is 6.10 Å². The average Bonchev–Trinajstić information content (AvgIpc) is 2.74. The Bertz CT molecular complexity index is 409.